The van der Waals surface area contributed by atoms with Crippen molar-refractivity contribution in [1.82, 2.24) is 5.32 Å². The molecule has 3 aliphatic carbocycles. The van der Waals surface area contributed by atoms with E-state index in [0.717, 1.165) is 11.6 Å². The molecule has 4 aliphatic rings. The van der Waals surface area contributed by atoms with Crippen LogP contribution in [0.25, 0.3) is 0 Å². The molecule has 0 fully saturated rings. The fourth-order valence-corrected chi connectivity index (χ4v) is 6.07. The van der Waals surface area contributed by atoms with Gasteiger partial charge in [-0.05, 0) is 42.5 Å². The van der Waals surface area contributed by atoms with Crippen molar-refractivity contribution in [3.8, 4) is 0 Å². The molecule has 0 spiro atoms. The summed E-state index contributed by atoms with van der Waals surface area (Å²) in [7, 11) is 0. The van der Waals surface area contributed by atoms with E-state index < -0.39 is 5.41 Å². The van der Waals surface area contributed by atoms with Crippen LogP contribution in [0.3, 0.4) is 0 Å². The first-order valence-electron chi connectivity index (χ1n) is 9.72. The number of amidine groups is 1. The number of benzene rings is 2. The van der Waals surface area contributed by atoms with E-state index in [-0.39, 0.29) is 23.8 Å². The molecule has 3 nitrogen and oxygen atoms in total. The summed E-state index contributed by atoms with van der Waals surface area (Å²) in [6.45, 7) is 6.40. The Bertz CT molecular complexity index is 921. The van der Waals surface area contributed by atoms with Gasteiger partial charge in [0.15, 0.2) is 5.17 Å². The zero-order valence-corrected chi connectivity index (χ0v) is 16.7. The fourth-order valence-electron chi connectivity index (χ4n) is 5.09. The molecule has 2 aromatic rings. The van der Waals surface area contributed by atoms with E-state index in [0.29, 0.717) is 5.25 Å². The van der Waals surface area contributed by atoms with Gasteiger partial charge in [-0.15, -0.1) is 0 Å². The van der Waals surface area contributed by atoms with Crippen LogP contribution in [0.15, 0.2) is 53.5 Å². The molecular weight excluding hydrogens is 352 g/mol. The van der Waals surface area contributed by atoms with Gasteiger partial charge in [0.05, 0.1) is 11.5 Å². The number of hydrogen-bond acceptors (Lipinski definition) is 3. The smallest absolute Gasteiger partial charge is 0.232 e. The number of amides is 1. The third-order valence-corrected chi connectivity index (χ3v) is 7.86. The van der Waals surface area contributed by atoms with E-state index in [9.17, 15) is 4.79 Å². The topological polar surface area (TPSA) is 41.5 Å². The van der Waals surface area contributed by atoms with Crippen LogP contribution in [0.2, 0.25) is 0 Å². The van der Waals surface area contributed by atoms with Crippen LogP contribution in [0.5, 0.6) is 0 Å². The molecule has 2 aromatic carbocycles. The normalized spacial score (nSPS) is 33.2. The Hall–Kier alpha value is -2.07. The summed E-state index contributed by atoms with van der Waals surface area (Å²) >= 11 is 1.67. The molecule has 1 N–H and O–H groups in total. The predicted octanol–water partition coefficient (Wildman–Crippen LogP) is 4.67. The molecule has 2 bridgehead atoms. The first-order chi connectivity index (χ1) is 13.0. The molecule has 4 heteroatoms. The monoisotopic (exact) mass is 376 g/mol. The van der Waals surface area contributed by atoms with Crippen molar-refractivity contribution in [3.05, 3.63) is 70.8 Å². The molecule has 6 rings (SSSR count). The lowest BCUT2D eigenvalue weighted by molar-refractivity contribution is -0.130. The predicted molar refractivity (Wildman–Crippen MR) is 111 cm³/mol. The van der Waals surface area contributed by atoms with E-state index in [1.54, 1.807) is 11.8 Å². The van der Waals surface area contributed by atoms with Crippen LogP contribution < -0.4 is 5.32 Å². The lowest BCUT2D eigenvalue weighted by atomic mass is 9.52. The number of thioether (sulfide) groups is 1. The molecule has 1 amide bonds. The van der Waals surface area contributed by atoms with E-state index in [2.05, 4.69) is 79.6 Å². The highest BCUT2D eigenvalue weighted by molar-refractivity contribution is 8.14. The molecule has 1 aliphatic heterocycles. The lowest BCUT2D eigenvalue weighted by Gasteiger charge is -2.50. The van der Waals surface area contributed by atoms with Gasteiger partial charge in [0.1, 0.15) is 0 Å². The average Bonchev–Trinajstić information content (AvgIpc) is 2.99. The number of carbonyl (C=O) groups is 1. The molecule has 3 atom stereocenters. The largest absolute Gasteiger partial charge is 0.305 e. The van der Waals surface area contributed by atoms with Crippen LogP contribution in [-0.2, 0) is 4.79 Å². The summed E-state index contributed by atoms with van der Waals surface area (Å²) in [4.78, 5) is 18.1. The molecule has 0 aromatic heterocycles. The number of hydrogen-bond donors (Lipinski definition) is 1. The zero-order valence-electron chi connectivity index (χ0n) is 15.9. The maximum absolute atomic E-state index is 13.5. The Kier molecular flexibility index (Phi) is 3.77. The van der Waals surface area contributed by atoms with Crippen LogP contribution >= 0.6 is 11.8 Å². The van der Waals surface area contributed by atoms with Gasteiger partial charge in [0.2, 0.25) is 5.91 Å². The summed E-state index contributed by atoms with van der Waals surface area (Å²) in [5.41, 5.74) is 4.94. The highest BCUT2D eigenvalue weighted by atomic mass is 32.2. The highest BCUT2D eigenvalue weighted by Crippen LogP contribution is 2.60. The summed E-state index contributed by atoms with van der Waals surface area (Å²) in [6, 6.07) is 17.6. The quantitative estimate of drug-likeness (QED) is 0.786. The van der Waals surface area contributed by atoms with Crippen molar-refractivity contribution in [1.29, 1.82) is 0 Å². The van der Waals surface area contributed by atoms with Gasteiger partial charge >= 0.3 is 0 Å². The van der Waals surface area contributed by atoms with E-state index in [1.165, 1.54) is 22.3 Å². The minimum Gasteiger partial charge on any atom is -0.305 e. The van der Waals surface area contributed by atoms with Gasteiger partial charge in [-0.25, -0.2) is 0 Å². The fraction of sp³-hybridized carbons (Fsp3) is 0.391. The summed E-state index contributed by atoms with van der Waals surface area (Å²) in [5.74, 6) is 0.486. The second-order valence-electron chi connectivity index (χ2n) is 8.32. The molecule has 3 unspecified atom stereocenters. The highest BCUT2D eigenvalue weighted by Gasteiger charge is 2.54. The first-order valence-corrected chi connectivity index (χ1v) is 10.6. The number of nitrogens with one attached hydrogen (secondary N) is 1. The van der Waals surface area contributed by atoms with Crippen molar-refractivity contribution < 1.29 is 4.79 Å². The van der Waals surface area contributed by atoms with Gasteiger partial charge in [-0.1, -0.05) is 67.2 Å². The van der Waals surface area contributed by atoms with Gasteiger partial charge in [0, 0.05) is 17.1 Å². The number of fused-ring (bicyclic) bond motifs is 1. The first kappa shape index (κ1) is 17.1. The van der Waals surface area contributed by atoms with Crippen molar-refractivity contribution >= 4 is 22.8 Å². The van der Waals surface area contributed by atoms with Crippen molar-refractivity contribution in [3.63, 3.8) is 0 Å². The van der Waals surface area contributed by atoms with Crippen LogP contribution in [0.1, 0.15) is 61.3 Å². The Balaban J connectivity index is 1.56. The summed E-state index contributed by atoms with van der Waals surface area (Å²) < 4.78 is 0. The molecule has 0 saturated carbocycles. The van der Waals surface area contributed by atoms with Gasteiger partial charge < -0.3 is 5.32 Å². The summed E-state index contributed by atoms with van der Waals surface area (Å²) in [6.07, 6.45) is 0.848. The second-order valence-corrected chi connectivity index (χ2v) is 9.68. The Morgan fingerprint density at radius 2 is 1.59 bits per heavy atom. The SMILES string of the molecule is CC1N=C(NC(=O)C2(C)CC3c4ccccc4C2c2ccccc23)SC1C. The Morgan fingerprint density at radius 1 is 1.04 bits per heavy atom. The maximum Gasteiger partial charge on any atom is 0.232 e. The number of nitrogens with zero attached hydrogens (tertiary/aromatic N) is 1. The zero-order chi connectivity index (χ0) is 18.8. The second kappa shape index (κ2) is 5.96. The van der Waals surface area contributed by atoms with Crippen molar-refractivity contribution in [2.24, 2.45) is 10.4 Å². The van der Waals surface area contributed by atoms with Gasteiger partial charge in [-0.3, -0.25) is 9.79 Å². The Morgan fingerprint density at radius 3 is 2.11 bits per heavy atom. The van der Waals surface area contributed by atoms with E-state index in [4.69, 9.17) is 0 Å². The summed E-state index contributed by atoms with van der Waals surface area (Å²) in [5, 5.41) is 4.37. The lowest BCUT2D eigenvalue weighted by Crippen LogP contribution is -2.50. The molecular formula is C23H24N2OS. The van der Waals surface area contributed by atoms with Crippen LogP contribution in [0, 0.1) is 5.41 Å². The minimum atomic E-state index is -0.467. The van der Waals surface area contributed by atoms with Crippen molar-refractivity contribution in [2.45, 2.75) is 50.3 Å². The van der Waals surface area contributed by atoms with Crippen molar-refractivity contribution in [2.75, 3.05) is 0 Å². The average molecular weight is 377 g/mol. The maximum atomic E-state index is 13.5. The molecule has 1 heterocycles. The van der Waals surface area contributed by atoms with E-state index >= 15 is 0 Å². The standard InChI is InChI=1S/C23H24N2OS/c1-13-14(2)27-22(24-13)25-21(26)23(3)12-19-15-8-4-6-10-17(15)20(23)18-11-7-5-9-16(18)19/h4-11,13-14,19-20H,12H2,1-3H3,(H,24,25,26). The third kappa shape index (κ3) is 2.42. The molecule has 27 heavy (non-hydrogen) atoms. The third-order valence-electron chi connectivity index (χ3n) is 6.67. The number of aliphatic imine (C=N–C) groups is 1. The van der Waals surface area contributed by atoms with Crippen LogP contribution in [-0.4, -0.2) is 22.4 Å². The number of carbonyl (C=O) groups excluding carboxylic acids is 1. The Labute approximate surface area is 164 Å². The molecule has 138 valence electrons. The number of rotatable bonds is 1. The van der Waals surface area contributed by atoms with Gasteiger partial charge in [0.25, 0.3) is 0 Å². The van der Waals surface area contributed by atoms with Crippen LogP contribution in [0.4, 0.5) is 0 Å². The minimum absolute atomic E-state index is 0.0942. The van der Waals surface area contributed by atoms with E-state index in [1.807, 2.05) is 0 Å². The molecule has 0 saturated heterocycles. The molecule has 0 radical (unpaired) electrons. The van der Waals surface area contributed by atoms with Gasteiger partial charge in [-0.2, -0.15) is 0 Å².